The smallest absolute Gasteiger partial charge is 0.224 e. The largest absolute Gasteiger partial charge is 0.493 e. The topological polar surface area (TPSA) is 66.0 Å². The van der Waals surface area contributed by atoms with Crippen LogP contribution in [0.4, 0.5) is 0 Å². The predicted molar refractivity (Wildman–Crippen MR) is 109 cm³/mol. The Morgan fingerprint density at radius 2 is 1.64 bits per heavy atom. The second kappa shape index (κ2) is 10.9. The standard InChI is InChI=1S/C20H23Cl2NO5/c1-25-17-9-13(10-18(26-2)20(17)27-3)11-19(24)23-7-4-8-28-16-6-5-14(21)12-15(16)22/h5-6,9-10,12H,4,7-8,11H2,1-3H3,(H,23,24). The number of nitrogens with one attached hydrogen (secondary N) is 1. The molecule has 0 saturated heterocycles. The molecular formula is C20H23Cl2NO5. The fourth-order valence-corrected chi connectivity index (χ4v) is 3.02. The van der Waals surface area contributed by atoms with Crippen LogP contribution in [0.1, 0.15) is 12.0 Å². The summed E-state index contributed by atoms with van der Waals surface area (Å²) in [7, 11) is 4.61. The highest BCUT2D eigenvalue weighted by Gasteiger charge is 2.14. The first-order valence-electron chi connectivity index (χ1n) is 8.62. The summed E-state index contributed by atoms with van der Waals surface area (Å²) < 4.78 is 21.5. The van der Waals surface area contributed by atoms with E-state index in [0.29, 0.717) is 52.6 Å². The predicted octanol–water partition coefficient (Wildman–Crippen LogP) is 4.15. The van der Waals surface area contributed by atoms with Gasteiger partial charge in [0.25, 0.3) is 0 Å². The maximum absolute atomic E-state index is 12.2. The van der Waals surface area contributed by atoms with Gasteiger partial charge in [0.15, 0.2) is 11.5 Å². The van der Waals surface area contributed by atoms with Crippen molar-refractivity contribution in [3.05, 3.63) is 45.9 Å². The molecule has 1 N–H and O–H groups in total. The molecule has 0 spiro atoms. The van der Waals surface area contributed by atoms with Gasteiger partial charge in [-0.25, -0.2) is 0 Å². The van der Waals surface area contributed by atoms with Gasteiger partial charge in [-0.3, -0.25) is 4.79 Å². The molecule has 0 saturated carbocycles. The molecule has 1 amide bonds. The summed E-state index contributed by atoms with van der Waals surface area (Å²) in [6.45, 7) is 0.903. The average molecular weight is 428 g/mol. The number of carbonyl (C=O) groups is 1. The zero-order valence-electron chi connectivity index (χ0n) is 16.0. The molecule has 0 aliphatic carbocycles. The van der Waals surface area contributed by atoms with Crippen molar-refractivity contribution < 1.29 is 23.7 Å². The van der Waals surface area contributed by atoms with Crippen LogP contribution >= 0.6 is 23.2 Å². The van der Waals surface area contributed by atoms with E-state index in [1.54, 1.807) is 30.3 Å². The van der Waals surface area contributed by atoms with Crippen molar-refractivity contribution in [3.63, 3.8) is 0 Å². The Kier molecular flexibility index (Phi) is 8.54. The molecule has 0 aliphatic heterocycles. The second-order valence-electron chi connectivity index (χ2n) is 5.84. The van der Waals surface area contributed by atoms with Gasteiger partial charge in [0.05, 0.1) is 39.4 Å². The van der Waals surface area contributed by atoms with Gasteiger partial charge >= 0.3 is 0 Å². The monoisotopic (exact) mass is 427 g/mol. The van der Waals surface area contributed by atoms with Crippen molar-refractivity contribution in [1.29, 1.82) is 0 Å². The summed E-state index contributed by atoms with van der Waals surface area (Å²) in [6, 6.07) is 8.56. The summed E-state index contributed by atoms with van der Waals surface area (Å²) in [5.74, 6) is 1.97. The van der Waals surface area contributed by atoms with Crippen LogP contribution < -0.4 is 24.3 Å². The lowest BCUT2D eigenvalue weighted by Gasteiger charge is -2.14. The minimum Gasteiger partial charge on any atom is -0.493 e. The van der Waals surface area contributed by atoms with E-state index in [-0.39, 0.29) is 12.3 Å². The first kappa shape index (κ1) is 22.0. The van der Waals surface area contributed by atoms with E-state index in [4.69, 9.17) is 42.1 Å². The number of hydrogen-bond donors (Lipinski definition) is 1. The van der Waals surface area contributed by atoms with Crippen LogP contribution in [0.15, 0.2) is 30.3 Å². The van der Waals surface area contributed by atoms with Gasteiger partial charge in [0.2, 0.25) is 11.7 Å². The van der Waals surface area contributed by atoms with Crippen LogP contribution in [0, 0.1) is 0 Å². The molecule has 8 heteroatoms. The normalized spacial score (nSPS) is 10.3. The van der Waals surface area contributed by atoms with Crippen LogP contribution in [0.2, 0.25) is 10.0 Å². The van der Waals surface area contributed by atoms with Gasteiger partial charge in [-0.05, 0) is 42.3 Å². The second-order valence-corrected chi connectivity index (χ2v) is 6.68. The van der Waals surface area contributed by atoms with Crippen molar-refractivity contribution >= 4 is 29.1 Å². The summed E-state index contributed by atoms with van der Waals surface area (Å²) in [5.41, 5.74) is 0.760. The van der Waals surface area contributed by atoms with Crippen molar-refractivity contribution in [2.75, 3.05) is 34.5 Å². The summed E-state index contributed by atoms with van der Waals surface area (Å²) >= 11 is 11.9. The zero-order chi connectivity index (χ0) is 20.5. The summed E-state index contributed by atoms with van der Waals surface area (Å²) in [4.78, 5) is 12.2. The number of rotatable bonds is 10. The third-order valence-electron chi connectivity index (χ3n) is 3.88. The van der Waals surface area contributed by atoms with Crippen LogP contribution in [0.25, 0.3) is 0 Å². The highest BCUT2D eigenvalue weighted by molar-refractivity contribution is 6.35. The van der Waals surface area contributed by atoms with E-state index in [9.17, 15) is 4.79 Å². The molecule has 0 aliphatic rings. The molecule has 0 aromatic heterocycles. The minimum atomic E-state index is -0.112. The molecule has 0 fully saturated rings. The van der Waals surface area contributed by atoms with Crippen molar-refractivity contribution in [3.8, 4) is 23.0 Å². The molecule has 0 atom stereocenters. The van der Waals surface area contributed by atoms with E-state index in [1.165, 1.54) is 21.3 Å². The van der Waals surface area contributed by atoms with Crippen molar-refractivity contribution in [2.45, 2.75) is 12.8 Å². The number of carbonyl (C=O) groups excluding carboxylic acids is 1. The molecule has 0 unspecified atom stereocenters. The van der Waals surface area contributed by atoms with E-state index < -0.39 is 0 Å². The van der Waals surface area contributed by atoms with Gasteiger partial charge in [0.1, 0.15) is 5.75 Å². The Morgan fingerprint density at radius 3 is 2.21 bits per heavy atom. The third-order valence-corrected chi connectivity index (χ3v) is 4.41. The number of halogens is 2. The Labute approximate surface area is 174 Å². The molecular weight excluding hydrogens is 405 g/mol. The van der Waals surface area contributed by atoms with Gasteiger partial charge in [-0.15, -0.1) is 0 Å². The van der Waals surface area contributed by atoms with E-state index in [2.05, 4.69) is 5.32 Å². The molecule has 6 nitrogen and oxygen atoms in total. The lowest BCUT2D eigenvalue weighted by molar-refractivity contribution is -0.120. The molecule has 0 bridgehead atoms. The van der Waals surface area contributed by atoms with Gasteiger partial charge in [-0.2, -0.15) is 0 Å². The van der Waals surface area contributed by atoms with Crippen molar-refractivity contribution in [2.24, 2.45) is 0 Å². The Bertz CT molecular complexity index is 788. The molecule has 2 rings (SSSR count). The Hall–Kier alpha value is -2.31. The first-order valence-corrected chi connectivity index (χ1v) is 9.37. The fraction of sp³-hybridized carbons (Fsp3) is 0.350. The minimum absolute atomic E-state index is 0.112. The van der Waals surface area contributed by atoms with Gasteiger partial charge in [-0.1, -0.05) is 23.2 Å². The number of ether oxygens (including phenoxy) is 4. The number of methoxy groups -OCH3 is 3. The average Bonchev–Trinajstić information content (AvgIpc) is 2.68. The highest BCUT2D eigenvalue weighted by Crippen LogP contribution is 2.38. The van der Waals surface area contributed by atoms with Crippen LogP contribution in [0.3, 0.4) is 0 Å². The molecule has 2 aromatic rings. The van der Waals surface area contributed by atoms with Crippen LogP contribution in [-0.4, -0.2) is 40.4 Å². The lowest BCUT2D eigenvalue weighted by Crippen LogP contribution is -2.27. The quantitative estimate of drug-likeness (QED) is 0.576. The number of benzene rings is 2. The van der Waals surface area contributed by atoms with E-state index in [1.807, 2.05) is 0 Å². The van der Waals surface area contributed by atoms with E-state index >= 15 is 0 Å². The number of hydrogen-bond acceptors (Lipinski definition) is 5. The molecule has 2 aromatic carbocycles. The zero-order valence-corrected chi connectivity index (χ0v) is 17.5. The Balaban J connectivity index is 1.81. The SMILES string of the molecule is COc1cc(CC(=O)NCCCOc2ccc(Cl)cc2Cl)cc(OC)c1OC. The highest BCUT2D eigenvalue weighted by atomic mass is 35.5. The Morgan fingerprint density at radius 1 is 0.964 bits per heavy atom. The molecule has 0 radical (unpaired) electrons. The van der Waals surface area contributed by atoms with Gasteiger partial charge in [0, 0.05) is 11.6 Å². The van der Waals surface area contributed by atoms with Crippen LogP contribution in [-0.2, 0) is 11.2 Å². The summed E-state index contributed by atoms with van der Waals surface area (Å²) in [6.07, 6.45) is 0.834. The lowest BCUT2D eigenvalue weighted by atomic mass is 10.1. The van der Waals surface area contributed by atoms with Crippen LogP contribution in [0.5, 0.6) is 23.0 Å². The fourth-order valence-electron chi connectivity index (χ4n) is 2.56. The molecule has 152 valence electrons. The maximum atomic E-state index is 12.2. The number of amides is 1. The third kappa shape index (κ3) is 6.11. The molecule has 0 heterocycles. The first-order chi connectivity index (χ1) is 13.5. The van der Waals surface area contributed by atoms with Gasteiger partial charge < -0.3 is 24.3 Å². The van der Waals surface area contributed by atoms with E-state index in [0.717, 1.165) is 5.56 Å². The maximum Gasteiger partial charge on any atom is 0.224 e. The van der Waals surface area contributed by atoms with Crippen molar-refractivity contribution in [1.82, 2.24) is 5.32 Å². The summed E-state index contributed by atoms with van der Waals surface area (Å²) in [5, 5.41) is 3.87. The molecule has 28 heavy (non-hydrogen) atoms.